The molecular weight excluding hydrogens is 326 g/mol. The van der Waals surface area contributed by atoms with Gasteiger partial charge < -0.3 is 9.80 Å². The molecule has 146 valence electrons. The Balaban J connectivity index is 1.64. The number of hydrogen-bond acceptors (Lipinski definition) is 7. The van der Waals surface area contributed by atoms with E-state index in [1.54, 1.807) is 0 Å². The molecule has 3 heterocycles. The normalized spacial score (nSPS) is 26.4. The third-order valence-corrected chi connectivity index (χ3v) is 5.86. The molecule has 1 aromatic heterocycles. The smallest absolute Gasteiger partial charge is 0.225 e. The van der Waals surface area contributed by atoms with E-state index in [9.17, 15) is 0 Å². The average molecular weight is 362 g/mol. The van der Waals surface area contributed by atoms with Crippen LogP contribution in [0, 0.1) is 0 Å². The number of hydrazine groups is 1. The second-order valence-corrected chi connectivity index (χ2v) is 7.59. The lowest BCUT2D eigenvalue weighted by Crippen LogP contribution is -2.61. The first kappa shape index (κ1) is 19.5. The second-order valence-electron chi connectivity index (χ2n) is 7.59. The van der Waals surface area contributed by atoms with Gasteiger partial charge in [0.2, 0.25) is 5.95 Å². The highest BCUT2D eigenvalue weighted by atomic mass is 15.5. The van der Waals surface area contributed by atoms with E-state index >= 15 is 0 Å². The van der Waals surface area contributed by atoms with Gasteiger partial charge >= 0.3 is 0 Å². The summed E-state index contributed by atoms with van der Waals surface area (Å²) in [6.45, 7) is 15.1. The Bertz CT molecular complexity index is 527. The third kappa shape index (κ3) is 4.52. The van der Waals surface area contributed by atoms with E-state index in [0.717, 1.165) is 71.1 Å². The molecular formula is C19H35N7. The first-order valence-electron chi connectivity index (χ1n) is 10.2. The SMILES string of the molecule is CCC1CN(N)CC(CC)N1c1ncc(CN2CCN(CC)CC2)cn1. The van der Waals surface area contributed by atoms with Crippen molar-refractivity contribution in [3.63, 3.8) is 0 Å². The molecule has 1 aromatic rings. The fourth-order valence-electron chi connectivity index (χ4n) is 4.15. The molecule has 0 aromatic carbocycles. The van der Waals surface area contributed by atoms with E-state index in [0.29, 0.717) is 12.1 Å². The lowest BCUT2D eigenvalue weighted by Gasteiger charge is -2.45. The number of nitrogens with zero attached hydrogens (tertiary/aromatic N) is 6. The standard InChI is InChI=1S/C19H35N7/c1-4-17-14-25(20)15-18(5-2)26(17)19-21-11-16(12-22-19)13-24-9-7-23(6-3)8-10-24/h11-12,17-18H,4-10,13-15,20H2,1-3H3. The van der Waals surface area contributed by atoms with Crippen LogP contribution in [0.15, 0.2) is 12.4 Å². The molecule has 2 atom stereocenters. The molecule has 2 unspecified atom stereocenters. The summed E-state index contributed by atoms with van der Waals surface area (Å²) < 4.78 is 0. The van der Waals surface area contributed by atoms with Crippen molar-refractivity contribution in [2.75, 3.05) is 50.7 Å². The van der Waals surface area contributed by atoms with Crippen LogP contribution in [-0.2, 0) is 6.54 Å². The Morgan fingerprint density at radius 3 is 1.96 bits per heavy atom. The van der Waals surface area contributed by atoms with Gasteiger partial charge in [0.1, 0.15) is 0 Å². The van der Waals surface area contributed by atoms with Crippen molar-refractivity contribution in [2.24, 2.45) is 5.84 Å². The summed E-state index contributed by atoms with van der Waals surface area (Å²) in [4.78, 5) is 16.9. The first-order chi connectivity index (χ1) is 12.6. The van der Waals surface area contributed by atoms with Gasteiger partial charge in [-0.1, -0.05) is 20.8 Å². The van der Waals surface area contributed by atoms with Crippen LogP contribution in [0.4, 0.5) is 5.95 Å². The zero-order valence-electron chi connectivity index (χ0n) is 16.6. The summed E-state index contributed by atoms with van der Waals surface area (Å²) in [5.41, 5.74) is 1.21. The van der Waals surface area contributed by atoms with Gasteiger partial charge in [0.25, 0.3) is 0 Å². The lowest BCUT2D eigenvalue weighted by atomic mass is 10.0. The highest BCUT2D eigenvalue weighted by Crippen LogP contribution is 2.24. The number of aromatic nitrogens is 2. The van der Waals surface area contributed by atoms with Crippen molar-refractivity contribution in [2.45, 2.75) is 52.2 Å². The van der Waals surface area contributed by atoms with Gasteiger partial charge in [0, 0.05) is 75.9 Å². The predicted molar refractivity (Wildman–Crippen MR) is 106 cm³/mol. The molecule has 26 heavy (non-hydrogen) atoms. The van der Waals surface area contributed by atoms with Crippen molar-refractivity contribution in [3.05, 3.63) is 18.0 Å². The summed E-state index contributed by atoms with van der Waals surface area (Å²) in [6.07, 6.45) is 6.14. The van der Waals surface area contributed by atoms with E-state index in [1.165, 1.54) is 5.56 Å². The van der Waals surface area contributed by atoms with E-state index in [1.807, 2.05) is 17.4 Å². The average Bonchev–Trinajstić information content (AvgIpc) is 2.68. The van der Waals surface area contributed by atoms with Crippen molar-refractivity contribution >= 4 is 5.95 Å². The third-order valence-electron chi connectivity index (χ3n) is 5.86. The van der Waals surface area contributed by atoms with Gasteiger partial charge in [-0.15, -0.1) is 0 Å². The van der Waals surface area contributed by atoms with Crippen LogP contribution in [0.2, 0.25) is 0 Å². The van der Waals surface area contributed by atoms with Gasteiger partial charge in [0.15, 0.2) is 0 Å². The van der Waals surface area contributed by atoms with Crippen molar-refractivity contribution in [1.82, 2.24) is 24.8 Å². The van der Waals surface area contributed by atoms with Crippen molar-refractivity contribution in [1.29, 1.82) is 0 Å². The van der Waals surface area contributed by atoms with Gasteiger partial charge in [-0.3, -0.25) is 10.7 Å². The summed E-state index contributed by atoms with van der Waals surface area (Å²) in [7, 11) is 0. The van der Waals surface area contributed by atoms with Crippen LogP contribution in [0.5, 0.6) is 0 Å². The van der Waals surface area contributed by atoms with E-state index in [-0.39, 0.29) is 0 Å². The number of hydrogen-bond donors (Lipinski definition) is 1. The highest BCUT2D eigenvalue weighted by Gasteiger charge is 2.33. The summed E-state index contributed by atoms with van der Waals surface area (Å²) >= 11 is 0. The Morgan fingerprint density at radius 1 is 0.923 bits per heavy atom. The molecule has 2 N–H and O–H groups in total. The van der Waals surface area contributed by atoms with Gasteiger partial charge in [-0.05, 0) is 19.4 Å². The van der Waals surface area contributed by atoms with E-state index < -0.39 is 0 Å². The minimum Gasteiger partial charge on any atom is -0.332 e. The minimum atomic E-state index is 0.381. The van der Waals surface area contributed by atoms with Crippen LogP contribution >= 0.6 is 0 Å². The number of anilines is 1. The number of piperazine rings is 2. The van der Waals surface area contributed by atoms with Crippen LogP contribution in [-0.4, -0.2) is 82.7 Å². The van der Waals surface area contributed by atoms with Gasteiger partial charge in [-0.2, -0.15) is 0 Å². The minimum absolute atomic E-state index is 0.381. The van der Waals surface area contributed by atoms with Gasteiger partial charge in [0.05, 0.1) is 0 Å². The maximum Gasteiger partial charge on any atom is 0.225 e. The Labute approximate surface area is 158 Å². The Hall–Kier alpha value is -1.28. The zero-order chi connectivity index (χ0) is 18.5. The predicted octanol–water partition coefficient (Wildman–Crippen LogP) is 1.17. The maximum absolute atomic E-state index is 6.11. The molecule has 3 rings (SSSR count). The number of rotatable bonds is 6. The van der Waals surface area contributed by atoms with Crippen LogP contribution < -0.4 is 10.7 Å². The molecule has 0 amide bonds. The molecule has 2 fully saturated rings. The van der Waals surface area contributed by atoms with E-state index in [4.69, 9.17) is 15.8 Å². The topological polar surface area (TPSA) is 64.8 Å². The quantitative estimate of drug-likeness (QED) is 0.763. The molecule has 2 saturated heterocycles. The molecule has 0 radical (unpaired) electrons. The van der Waals surface area contributed by atoms with Crippen molar-refractivity contribution < 1.29 is 0 Å². The van der Waals surface area contributed by atoms with E-state index in [2.05, 4.69) is 35.5 Å². The fraction of sp³-hybridized carbons (Fsp3) is 0.789. The first-order valence-corrected chi connectivity index (χ1v) is 10.2. The molecule has 2 aliphatic heterocycles. The Kier molecular flexibility index (Phi) is 6.80. The molecule has 7 heteroatoms. The zero-order valence-corrected chi connectivity index (χ0v) is 16.6. The largest absolute Gasteiger partial charge is 0.332 e. The van der Waals surface area contributed by atoms with Crippen LogP contribution in [0.25, 0.3) is 0 Å². The molecule has 0 bridgehead atoms. The number of likely N-dealkylation sites (N-methyl/N-ethyl adjacent to an activating group) is 1. The van der Waals surface area contributed by atoms with Gasteiger partial charge in [-0.25, -0.2) is 15.0 Å². The summed E-state index contributed by atoms with van der Waals surface area (Å²) in [5, 5.41) is 1.95. The molecule has 0 spiro atoms. The Morgan fingerprint density at radius 2 is 1.46 bits per heavy atom. The highest BCUT2D eigenvalue weighted by molar-refractivity contribution is 5.35. The van der Waals surface area contributed by atoms with Crippen LogP contribution in [0.1, 0.15) is 39.2 Å². The lowest BCUT2D eigenvalue weighted by molar-refractivity contribution is 0.131. The summed E-state index contributed by atoms with van der Waals surface area (Å²) in [5.74, 6) is 6.97. The molecule has 0 aliphatic carbocycles. The molecule has 0 saturated carbocycles. The second kappa shape index (κ2) is 9.08. The molecule has 7 nitrogen and oxygen atoms in total. The number of nitrogens with two attached hydrogens (primary N) is 1. The van der Waals surface area contributed by atoms with Crippen LogP contribution in [0.3, 0.4) is 0 Å². The summed E-state index contributed by atoms with van der Waals surface area (Å²) in [6, 6.07) is 0.762. The van der Waals surface area contributed by atoms with Crippen molar-refractivity contribution in [3.8, 4) is 0 Å². The molecule has 2 aliphatic rings. The fourth-order valence-corrected chi connectivity index (χ4v) is 4.15. The monoisotopic (exact) mass is 361 g/mol. The maximum atomic E-state index is 6.11.